The lowest BCUT2D eigenvalue weighted by atomic mass is 9.86. The molecule has 3 nitrogen and oxygen atoms in total. The fraction of sp³-hybridized carbons (Fsp3) is 0.647. The Morgan fingerprint density at radius 2 is 1.81 bits per heavy atom. The van der Waals surface area contributed by atoms with Crippen molar-refractivity contribution in [2.45, 2.75) is 45.1 Å². The molecule has 1 saturated heterocycles. The molecule has 1 aromatic rings. The predicted octanol–water partition coefficient (Wildman–Crippen LogP) is -0.176. The number of halogens is 1. The number of para-hydroxylation sites is 1. The van der Waals surface area contributed by atoms with Gasteiger partial charge in [0.25, 0.3) is 0 Å². The Hall–Kier alpha value is -0.770. The van der Waals surface area contributed by atoms with Crippen molar-refractivity contribution >= 4 is 0 Å². The van der Waals surface area contributed by atoms with Crippen LogP contribution in [0.2, 0.25) is 0 Å². The second-order valence-electron chi connectivity index (χ2n) is 6.72. The molecule has 0 bridgehead atoms. The van der Waals surface area contributed by atoms with Crippen LogP contribution in [0.4, 0.5) is 0 Å². The van der Waals surface area contributed by atoms with Crippen LogP contribution < -0.4 is 17.1 Å². The van der Waals surface area contributed by atoms with Gasteiger partial charge < -0.3 is 27.2 Å². The highest BCUT2D eigenvalue weighted by Gasteiger charge is 2.20. The highest BCUT2D eigenvalue weighted by molar-refractivity contribution is 5.38. The molecule has 1 atom stereocenters. The van der Waals surface area contributed by atoms with Gasteiger partial charge in [-0.25, -0.2) is 0 Å². The lowest BCUT2D eigenvalue weighted by Gasteiger charge is -2.24. The first kappa shape index (κ1) is 18.3. The molecule has 4 heteroatoms. The molecule has 1 aromatic carbocycles. The van der Waals surface area contributed by atoms with E-state index in [0.717, 1.165) is 25.4 Å². The molecule has 1 N–H and O–H groups in total. The van der Waals surface area contributed by atoms with E-state index in [1.165, 1.54) is 18.4 Å². The monoisotopic (exact) mass is 312 g/mol. The number of rotatable bonds is 5. The summed E-state index contributed by atoms with van der Waals surface area (Å²) in [7, 11) is 0. The fourth-order valence-electron chi connectivity index (χ4n) is 2.71. The molecule has 2 rings (SSSR count). The molecule has 0 aliphatic carbocycles. The number of β-amino-alcohol motifs (C(OH)–C–C–N with tert-alkyl or cyclic N) is 1. The fourth-order valence-corrected chi connectivity index (χ4v) is 2.71. The Kier molecular flexibility index (Phi) is 6.98. The predicted molar refractivity (Wildman–Crippen MR) is 82.3 cm³/mol. The minimum Gasteiger partial charge on any atom is -1.00 e. The topological polar surface area (TPSA) is 32.7 Å². The molecule has 0 spiro atoms. The van der Waals surface area contributed by atoms with E-state index in [4.69, 9.17) is 4.74 Å². The molecule has 120 valence electrons. The van der Waals surface area contributed by atoms with Gasteiger partial charge in [0, 0.05) is 6.54 Å². The molecular weight excluding hydrogens is 286 g/mol. The average molecular weight is 313 g/mol. The molecule has 0 aromatic heterocycles. The maximum Gasteiger partial charge on any atom is 0.123 e. The average Bonchev–Trinajstić information content (AvgIpc) is 2.88. The van der Waals surface area contributed by atoms with Gasteiger partial charge in [0.2, 0.25) is 0 Å². The minimum absolute atomic E-state index is 0. The summed E-state index contributed by atoms with van der Waals surface area (Å²) in [6, 6.07) is 8.11. The van der Waals surface area contributed by atoms with Crippen molar-refractivity contribution in [3.8, 4) is 5.75 Å². The molecule has 0 radical (unpaired) electrons. The van der Waals surface area contributed by atoms with Crippen molar-refractivity contribution in [1.82, 2.24) is 4.90 Å². The summed E-state index contributed by atoms with van der Waals surface area (Å²) in [4.78, 5) is 2.31. The number of nitrogens with zero attached hydrogens (tertiary/aromatic N) is 1. The Morgan fingerprint density at radius 3 is 2.43 bits per heavy atom. The van der Waals surface area contributed by atoms with E-state index in [2.05, 4.69) is 31.7 Å². The molecular formula is C17H27ClNO2-. The Labute approximate surface area is 134 Å². The molecule has 1 aliphatic rings. The normalized spacial score (nSPS) is 17.3. The van der Waals surface area contributed by atoms with Crippen molar-refractivity contribution in [3.63, 3.8) is 0 Å². The standard InChI is InChI=1S/C17H27NO2.ClH/c1-17(2,3)15-8-4-5-9-16(15)20-13-14(19)12-18-10-6-7-11-18;/h4-5,8-9,14,19H,6-7,10-13H2,1-3H3;1H/p-1. The van der Waals surface area contributed by atoms with E-state index < -0.39 is 6.10 Å². The maximum atomic E-state index is 10.1. The Bertz CT molecular complexity index is 425. The summed E-state index contributed by atoms with van der Waals surface area (Å²) >= 11 is 0. The van der Waals surface area contributed by atoms with Gasteiger partial charge in [0.05, 0.1) is 0 Å². The zero-order valence-corrected chi connectivity index (χ0v) is 14.1. The zero-order valence-electron chi connectivity index (χ0n) is 13.3. The second kappa shape index (κ2) is 8.02. The number of ether oxygens (including phenoxy) is 1. The van der Waals surface area contributed by atoms with Gasteiger partial charge in [-0.1, -0.05) is 39.0 Å². The minimum atomic E-state index is -0.416. The van der Waals surface area contributed by atoms with Gasteiger partial charge in [-0.3, -0.25) is 0 Å². The van der Waals surface area contributed by atoms with Crippen LogP contribution in [-0.4, -0.2) is 42.4 Å². The molecule has 0 saturated carbocycles. The lowest BCUT2D eigenvalue weighted by Crippen LogP contribution is -3.00. The van der Waals surface area contributed by atoms with Crippen molar-refractivity contribution < 1.29 is 22.3 Å². The van der Waals surface area contributed by atoms with Crippen molar-refractivity contribution in [1.29, 1.82) is 0 Å². The Morgan fingerprint density at radius 1 is 1.19 bits per heavy atom. The summed E-state index contributed by atoms with van der Waals surface area (Å²) in [6.07, 6.45) is 2.09. The molecule has 0 amide bonds. The summed E-state index contributed by atoms with van der Waals surface area (Å²) in [5.41, 5.74) is 1.24. The number of benzene rings is 1. The zero-order chi connectivity index (χ0) is 14.6. The third kappa shape index (κ3) is 5.50. The summed E-state index contributed by atoms with van der Waals surface area (Å²) in [5.74, 6) is 0.889. The number of hydrogen-bond donors (Lipinski definition) is 1. The number of likely N-dealkylation sites (tertiary alicyclic amines) is 1. The number of aliphatic hydroxyl groups is 1. The first-order valence-electron chi connectivity index (χ1n) is 7.59. The molecule has 21 heavy (non-hydrogen) atoms. The quantitative estimate of drug-likeness (QED) is 0.819. The highest BCUT2D eigenvalue weighted by atomic mass is 35.5. The van der Waals surface area contributed by atoms with Crippen LogP contribution in [0.25, 0.3) is 0 Å². The molecule has 1 aliphatic heterocycles. The van der Waals surface area contributed by atoms with Gasteiger partial charge in [0.15, 0.2) is 0 Å². The van der Waals surface area contributed by atoms with Gasteiger partial charge >= 0.3 is 0 Å². The Balaban J connectivity index is 0.00000220. The first-order chi connectivity index (χ1) is 9.47. The summed E-state index contributed by atoms with van der Waals surface area (Å²) < 4.78 is 5.86. The van der Waals surface area contributed by atoms with Gasteiger partial charge in [-0.15, -0.1) is 0 Å². The van der Waals surface area contributed by atoms with Gasteiger partial charge in [-0.2, -0.15) is 0 Å². The summed E-state index contributed by atoms with van der Waals surface area (Å²) in [6.45, 7) is 9.83. The largest absolute Gasteiger partial charge is 1.00 e. The van der Waals surface area contributed by atoms with Crippen LogP contribution in [0.1, 0.15) is 39.2 Å². The SMILES string of the molecule is CC(C)(C)c1ccccc1OCC(O)CN1CCCC1.[Cl-]. The summed E-state index contributed by atoms with van der Waals surface area (Å²) in [5, 5.41) is 10.1. The van der Waals surface area contributed by atoms with Crippen molar-refractivity contribution in [2.75, 3.05) is 26.2 Å². The molecule has 1 heterocycles. The van der Waals surface area contributed by atoms with Crippen LogP contribution >= 0.6 is 0 Å². The number of hydrogen-bond acceptors (Lipinski definition) is 3. The van der Waals surface area contributed by atoms with E-state index in [1.807, 2.05) is 18.2 Å². The number of aliphatic hydroxyl groups excluding tert-OH is 1. The van der Waals surface area contributed by atoms with Crippen molar-refractivity contribution in [2.24, 2.45) is 0 Å². The third-order valence-electron chi connectivity index (χ3n) is 3.79. The van der Waals surface area contributed by atoms with Crippen molar-refractivity contribution in [3.05, 3.63) is 29.8 Å². The maximum absolute atomic E-state index is 10.1. The third-order valence-corrected chi connectivity index (χ3v) is 3.79. The van der Waals surface area contributed by atoms with Crippen LogP contribution in [0, 0.1) is 0 Å². The van der Waals surface area contributed by atoms with E-state index in [9.17, 15) is 5.11 Å². The first-order valence-corrected chi connectivity index (χ1v) is 7.59. The van der Waals surface area contributed by atoms with Crippen LogP contribution in [-0.2, 0) is 5.41 Å². The molecule has 1 fully saturated rings. The van der Waals surface area contributed by atoms with Crippen LogP contribution in [0.15, 0.2) is 24.3 Å². The lowest BCUT2D eigenvalue weighted by molar-refractivity contribution is -0.00000682. The van der Waals surface area contributed by atoms with Gasteiger partial charge in [0.1, 0.15) is 18.5 Å². The highest BCUT2D eigenvalue weighted by Crippen LogP contribution is 2.30. The van der Waals surface area contributed by atoms with E-state index >= 15 is 0 Å². The smallest absolute Gasteiger partial charge is 0.123 e. The molecule has 1 unspecified atom stereocenters. The second-order valence-corrected chi connectivity index (χ2v) is 6.72. The van der Waals surface area contributed by atoms with E-state index in [0.29, 0.717) is 6.61 Å². The van der Waals surface area contributed by atoms with Crippen LogP contribution in [0.3, 0.4) is 0 Å². The van der Waals surface area contributed by atoms with E-state index in [1.54, 1.807) is 0 Å². The van der Waals surface area contributed by atoms with Crippen LogP contribution in [0.5, 0.6) is 5.75 Å². The van der Waals surface area contributed by atoms with Gasteiger partial charge in [-0.05, 0) is 43.0 Å². The van der Waals surface area contributed by atoms with E-state index in [-0.39, 0.29) is 17.8 Å².